The van der Waals surface area contributed by atoms with Crippen molar-refractivity contribution in [3.05, 3.63) is 53.1 Å². The van der Waals surface area contributed by atoms with Crippen LogP contribution < -0.4 is 14.2 Å². The summed E-state index contributed by atoms with van der Waals surface area (Å²) in [5, 5.41) is 0. The van der Waals surface area contributed by atoms with E-state index < -0.39 is 0 Å². The van der Waals surface area contributed by atoms with E-state index in [2.05, 4.69) is 55.1 Å². The molecule has 37 heavy (non-hydrogen) atoms. The fourth-order valence-corrected chi connectivity index (χ4v) is 8.25. The maximum absolute atomic E-state index is 14.5. The van der Waals surface area contributed by atoms with Crippen molar-refractivity contribution in [1.82, 2.24) is 4.90 Å². The molecule has 0 N–H and O–H groups in total. The minimum absolute atomic E-state index is 0.145. The number of carbonyl (C=O) groups is 1. The van der Waals surface area contributed by atoms with Gasteiger partial charge in [0.05, 0.1) is 25.7 Å². The van der Waals surface area contributed by atoms with E-state index in [0.717, 1.165) is 67.0 Å². The first-order valence-corrected chi connectivity index (χ1v) is 14.2. The highest BCUT2D eigenvalue weighted by Gasteiger charge is 2.56. The highest BCUT2D eigenvalue weighted by atomic mass is 16.5. The minimum atomic E-state index is -0.167. The third kappa shape index (κ3) is 4.38. The highest BCUT2D eigenvalue weighted by Crippen LogP contribution is 2.61. The van der Waals surface area contributed by atoms with Gasteiger partial charge in [-0.05, 0) is 110 Å². The smallest absolute Gasteiger partial charge is 0.229 e. The third-order valence-electron chi connectivity index (χ3n) is 9.71. The number of hydrogen-bond acceptors (Lipinski definition) is 4. The van der Waals surface area contributed by atoms with Gasteiger partial charge in [-0.15, -0.1) is 0 Å². The van der Waals surface area contributed by atoms with Crippen LogP contribution >= 0.6 is 0 Å². The van der Waals surface area contributed by atoms with Gasteiger partial charge in [-0.2, -0.15) is 0 Å². The van der Waals surface area contributed by atoms with Gasteiger partial charge in [0.25, 0.3) is 0 Å². The van der Waals surface area contributed by atoms with Gasteiger partial charge in [0, 0.05) is 6.54 Å². The van der Waals surface area contributed by atoms with E-state index in [4.69, 9.17) is 14.2 Å². The summed E-state index contributed by atoms with van der Waals surface area (Å²) in [4.78, 5) is 16.7. The van der Waals surface area contributed by atoms with Crippen molar-refractivity contribution < 1.29 is 19.0 Å². The van der Waals surface area contributed by atoms with E-state index in [1.165, 1.54) is 30.4 Å². The van der Waals surface area contributed by atoms with Crippen LogP contribution in [0.1, 0.15) is 81.0 Å². The average Bonchev–Trinajstić information content (AvgIpc) is 2.89. The average molecular weight is 504 g/mol. The zero-order valence-corrected chi connectivity index (χ0v) is 22.8. The number of nitrogens with zero attached hydrogens (tertiary/aromatic N) is 1. The van der Waals surface area contributed by atoms with Crippen LogP contribution in [0.25, 0.3) is 0 Å². The number of methoxy groups -OCH3 is 2. The molecule has 4 aliphatic carbocycles. The van der Waals surface area contributed by atoms with Crippen LogP contribution in [0.3, 0.4) is 0 Å². The van der Waals surface area contributed by atoms with E-state index in [0.29, 0.717) is 24.2 Å². The number of fused-ring (bicyclic) bond motifs is 1. The Morgan fingerprint density at radius 3 is 2.11 bits per heavy atom. The Hall–Kier alpha value is -2.69. The molecule has 2 aromatic carbocycles. The van der Waals surface area contributed by atoms with Crippen molar-refractivity contribution in [1.29, 1.82) is 0 Å². The van der Waals surface area contributed by atoms with Crippen LogP contribution in [0.5, 0.6) is 17.2 Å². The molecule has 7 rings (SSSR count). The Morgan fingerprint density at radius 2 is 1.54 bits per heavy atom. The minimum Gasteiger partial charge on any atom is -0.493 e. The van der Waals surface area contributed by atoms with Gasteiger partial charge in [-0.25, -0.2) is 0 Å². The number of hydrogen-bond donors (Lipinski definition) is 0. The van der Waals surface area contributed by atoms with E-state index >= 15 is 0 Å². The second kappa shape index (κ2) is 9.56. The molecule has 4 fully saturated rings. The molecule has 1 amide bonds. The van der Waals surface area contributed by atoms with Gasteiger partial charge in [-0.1, -0.05) is 26.0 Å². The van der Waals surface area contributed by atoms with Crippen LogP contribution in [0.2, 0.25) is 0 Å². The molecule has 5 heteroatoms. The van der Waals surface area contributed by atoms with Crippen molar-refractivity contribution in [2.45, 2.75) is 70.8 Å². The van der Waals surface area contributed by atoms with Crippen LogP contribution in [0, 0.1) is 23.2 Å². The zero-order chi connectivity index (χ0) is 25.7. The first-order valence-electron chi connectivity index (χ1n) is 14.2. The molecule has 0 saturated heterocycles. The van der Waals surface area contributed by atoms with Crippen LogP contribution in [-0.4, -0.2) is 38.2 Å². The van der Waals surface area contributed by atoms with Gasteiger partial charge < -0.3 is 19.1 Å². The van der Waals surface area contributed by atoms with E-state index in [-0.39, 0.29) is 11.5 Å². The lowest BCUT2D eigenvalue weighted by molar-refractivity contribution is -0.161. The molecule has 0 radical (unpaired) electrons. The maximum atomic E-state index is 14.5. The Balaban J connectivity index is 1.32. The molecule has 0 spiro atoms. The Bertz CT molecular complexity index is 1120. The SMILES string of the molecule is COc1cc2c(cc1OC)[C@H](COc1ccc(C(C)C)cc1)N(C(=O)C13CC4CC(CC(C4)C1)C3)CC2. The van der Waals surface area contributed by atoms with Crippen molar-refractivity contribution in [3.8, 4) is 17.2 Å². The molecule has 0 unspecified atom stereocenters. The molecule has 4 bridgehead atoms. The number of amides is 1. The highest BCUT2D eigenvalue weighted by molar-refractivity contribution is 5.84. The molecular weight excluding hydrogens is 462 g/mol. The van der Waals surface area contributed by atoms with Gasteiger partial charge in [0.1, 0.15) is 12.4 Å². The van der Waals surface area contributed by atoms with Crippen LogP contribution in [0.15, 0.2) is 36.4 Å². The van der Waals surface area contributed by atoms with E-state index in [9.17, 15) is 4.79 Å². The van der Waals surface area contributed by atoms with Crippen LogP contribution in [-0.2, 0) is 11.2 Å². The quantitative estimate of drug-likeness (QED) is 0.430. The van der Waals surface area contributed by atoms with Crippen molar-refractivity contribution in [2.75, 3.05) is 27.4 Å². The van der Waals surface area contributed by atoms with Gasteiger partial charge >= 0.3 is 0 Å². The normalized spacial score (nSPS) is 29.8. The summed E-state index contributed by atoms with van der Waals surface area (Å²) in [7, 11) is 3.35. The molecule has 198 valence electrons. The maximum Gasteiger partial charge on any atom is 0.229 e. The fourth-order valence-electron chi connectivity index (χ4n) is 8.25. The summed E-state index contributed by atoms with van der Waals surface area (Å²) in [5.41, 5.74) is 3.47. The lowest BCUT2D eigenvalue weighted by atomic mass is 9.49. The first-order chi connectivity index (χ1) is 17.9. The number of ether oxygens (including phenoxy) is 3. The lowest BCUT2D eigenvalue weighted by Gasteiger charge is -2.57. The molecular formula is C32H41NO4. The van der Waals surface area contributed by atoms with Crippen LogP contribution in [0.4, 0.5) is 0 Å². The largest absolute Gasteiger partial charge is 0.493 e. The standard InChI is InChI=1S/C32H41NO4/c1-20(2)24-5-7-26(8-6-24)37-19-28-27-15-30(36-4)29(35-3)14-25(27)9-10-33(28)31(34)32-16-21-11-22(17-32)13-23(12-21)18-32/h5-8,14-15,20-23,28H,9-13,16-19H2,1-4H3/t21?,22?,23?,28-,32?/m0/s1. The van der Waals surface area contributed by atoms with Gasteiger partial charge in [-0.3, -0.25) is 4.79 Å². The second-order valence-electron chi connectivity index (χ2n) is 12.4. The van der Waals surface area contributed by atoms with E-state index in [1.807, 2.05) is 0 Å². The Morgan fingerprint density at radius 1 is 0.946 bits per heavy atom. The summed E-state index contributed by atoms with van der Waals surface area (Å²) in [5.74, 6) is 5.37. The molecule has 5 aliphatic rings. The molecule has 2 aromatic rings. The topological polar surface area (TPSA) is 48.0 Å². The fraction of sp³-hybridized carbons (Fsp3) is 0.594. The lowest BCUT2D eigenvalue weighted by Crippen LogP contribution is -2.56. The first kappa shape index (κ1) is 24.6. The number of rotatable bonds is 7. The Labute approximate surface area is 221 Å². The summed E-state index contributed by atoms with van der Waals surface area (Å²) >= 11 is 0. The number of carbonyl (C=O) groups excluding carboxylic acids is 1. The molecule has 1 heterocycles. The van der Waals surface area contributed by atoms with Crippen molar-refractivity contribution in [3.63, 3.8) is 0 Å². The van der Waals surface area contributed by atoms with Crippen molar-refractivity contribution >= 4 is 5.91 Å². The molecule has 0 aromatic heterocycles. The Kier molecular flexibility index (Phi) is 6.37. The van der Waals surface area contributed by atoms with Crippen molar-refractivity contribution in [2.24, 2.45) is 23.2 Å². The monoisotopic (exact) mass is 503 g/mol. The van der Waals surface area contributed by atoms with Gasteiger partial charge in [0.15, 0.2) is 11.5 Å². The third-order valence-corrected chi connectivity index (χ3v) is 9.71. The summed E-state index contributed by atoms with van der Waals surface area (Å²) in [6, 6.07) is 12.4. The molecule has 5 nitrogen and oxygen atoms in total. The molecule has 4 saturated carbocycles. The summed E-state index contributed by atoms with van der Waals surface area (Å²) in [6.07, 6.45) is 8.08. The predicted molar refractivity (Wildman–Crippen MR) is 144 cm³/mol. The zero-order valence-electron chi connectivity index (χ0n) is 22.8. The summed E-state index contributed by atoms with van der Waals surface area (Å²) < 4.78 is 17.7. The predicted octanol–water partition coefficient (Wildman–Crippen LogP) is 6.55. The van der Waals surface area contributed by atoms with E-state index in [1.54, 1.807) is 14.2 Å². The van der Waals surface area contributed by atoms with Gasteiger partial charge in [0.2, 0.25) is 5.91 Å². The summed E-state index contributed by atoms with van der Waals surface area (Å²) in [6.45, 7) is 5.56. The molecule has 1 atom stereocenters. The molecule has 1 aliphatic heterocycles. The number of benzene rings is 2. The second-order valence-corrected chi connectivity index (χ2v) is 12.4.